The van der Waals surface area contributed by atoms with Gasteiger partial charge in [-0.2, -0.15) is 0 Å². The number of hydrogen-bond donors (Lipinski definition) is 1. The Kier molecular flexibility index (Phi) is 7.61. The van der Waals surface area contributed by atoms with E-state index in [0.717, 1.165) is 72.8 Å². The fourth-order valence-electron chi connectivity index (χ4n) is 8.55. The van der Waals surface area contributed by atoms with Crippen LogP contribution >= 0.6 is 0 Å². The van der Waals surface area contributed by atoms with Gasteiger partial charge in [-0.05, 0) is 106 Å². The molecule has 3 aromatic heterocycles. The number of benzene rings is 8. The van der Waals surface area contributed by atoms with Crippen molar-refractivity contribution in [2.45, 2.75) is 0 Å². The topological polar surface area (TPSA) is 34.8 Å². The van der Waals surface area contributed by atoms with E-state index in [4.69, 9.17) is 4.98 Å². The molecule has 11 aromatic rings. The lowest BCUT2D eigenvalue weighted by Gasteiger charge is -2.14. The van der Waals surface area contributed by atoms with Crippen LogP contribution in [0.25, 0.3) is 94.3 Å². The summed E-state index contributed by atoms with van der Waals surface area (Å²) < 4.78 is 4.74. The van der Waals surface area contributed by atoms with Crippen molar-refractivity contribution in [2.75, 3.05) is 5.32 Å². The zero-order chi connectivity index (χ0) is 37.9. The van der Waals surface area contributed by atoms with E-state index in [1.165, 1.54) is 32.4 Å². The number of hydrogen-bond acceptors (Lipinski definition) is 2. The second kappa shape index (κ2) is 13.3. The summed E-state index contributed by atoms with van der Waals surface area (Å²) in [6, 6.07) is 69.2. The van der Waals surface area contributed by atoms with Gasteiger partial charge in [-0.3, -0.25) is 4.57 Å². The first-order chi connectivity index (χ1) is 28.2. The second-order valence-corrected chi connectivity index (χ2v) is 14.6. The maximum atomic E-state index is 5.35. The van der Waals surface area contributed by atoms with Gasteiger partial charge in [0, 0.05) is 44.2 Å². The highest BCUT2D eigenvalue weighted by Gasteiger charge is 2.19. The molecule has 0 fully saturated rings. The Labute approximate surface area is 330 Å². The van der Waals surface area contributed by atoms with Crippen LogP contribution in [0.4, 0.5) is 11.4 Å². The molecule has 0 spiro atoms. The van der Waals surface area contributed by atoms with Crippen LogP contribution in [0.15, 0.2) is 201 Å². The predicted octanol–water partition coefficient (Wildman–Crippen LogP) is 14.1. The summed E-state index contributed by atoms with van der Waals surface area (Å²) in [5.41, 5.74) is 13.1. The number of fused-ring (bicyclic) bond motifs is 7. The Balaban J connectivity index is 1.13. The Hall–Kier alpha value is -7.69. The summed E-state index contributed by atoms with van der Waals surface area (Å²) in [4.78, 5) is 5.35. The lowest BCUT2D eigenvalue weighted by Crippen LogP contribution is -2.00. The molecule has 0 saturated carbocycles. The fourth-order valence-corrected chi connectivity index (χ4v) is 8.55. The molecule has 1 N–H and O–H groups in total. The molecule has 0 aliphatic heterocycles. The normalized spacial score (nSPS) is 11.6. The molecule has 0 amide bonds. The molecule has 0 bridgehead atoms. The number of nitrogens with one attached hydrogen (secondary N) is 1. The van der Waals surface area contributed by atoms with Gasteiger partial charge in [0.2, 0.25) is 0 Å². The minimum Gasteiger partial charge on any atom is -0.355 e. The molecule has 3 heterocycles. The van der Waals surface area contributed by atoms with Crippen LogP contribution in [0.2, 0.25) is 0 Å². The molecule has 4 nitrogen and oxygen atoms in total. The van der Waals surface area contributed by atoms with Gasteiger partial charge < -0.3 is 9.88 Å². The highest BCUT2D eigenvalue weighted by Crippen LogP contribution is 2.40. The van der Waals surface area contributed by atoms with Gasteiger partial charge in [0.1, 0.15) is 5.82 Å². The molecule has 0 aliphatic rings. The van der Waals surface area contributed by atoms with Gasteiger partial charge in [-0.15, -0.1) is 0 Å². The van der Waals surface area contributed by atoms with Gasteiger partial charge in [0.05, 0.1) is 27.8 Å². The molecule has 268 valence electrons. The van der Waals surface area contributed by atoms with E-state index in [0.29, 0.717) is 0 Å². The summed E-state index contributed by atoms with van der Waals surface area (Å²) in [5.74, 6) is 0.885. The first-order valence-corrected chi connectivity index (χ1v) is 19.3. The number of rotatable bonds is 7. The van der Waals surface area contributed by atoms with E-state index in [-0.39, 0.29) is 0 Å². The Bertz CT molecular complexity index is 3260. The third-order valence-corrected chi connectivity index (χ3v) is 11.2. The van der Waals surface area contributed by atoms with Crippen LogP contribution in [-0.4, -0.2) is 14.1 Å². The fraction of sp³-hybridized carbons (Fsp3) is 0. The molecule has 0 atom stereocenters. The Morgan fingerprint density at radius 3 is 1.75 bits per heavy atom. The highest BCUT2D eigenvalue weighted by atomic mass is 15.1. The zero-order valence-electron chi connectivity index (χ0n) is 31.1. The summed E-state index contributed by atoms with van der Waals surface area (Å²) in [6.45, 7) is 4.15. The number of pyridine rings is 1. The van der Waals surface area contributed by atoms with Crippen molar-refractivity contribution in [1.29, 1.82) is 0 Å². The van der Waals surface area contributed by atoms with Gasteiger partial charge >= 0.3 is 0 Å². The standard InChI is InChI=1S/C53H36N4/c1-2-35-28-38-29-45-43-22-12-14-24-49(43)56(52(45)32-39(38)30-47(35)54-41-20-10-5-11-21-41)42-26-27-51-46(34-42)44-23-13-15-25-50(44)57(51)53-33-40(36-16-6-3-7-17-36)31-48(55-53)37-18-8-4-9-19-37/h2-34,54H,1H2. The number of aromatic nitrogens is 3. The van der Waals surface area contributed by atoms with Crippen molar-refractivity contribution in [3.05, 3.63) is 206 Å². The van der Waals surface area contributed by atoms with E-state index in [2.05, 4.69) is 197 Å². The highest BCUT2D eigenvalue weighted by molar-refractivity contribution is 6.15. The van der Waals surface area contributed by atoms with Crippen LogP contribution in [0, 0.1) is 0 Å². The summed E-state index contributed by atoms with van der Waals surface area (Å²) in [5, 5.41) is 10.8. The quantitative estimate of drug-likeness (QED) is 0.177. The minimum absolute atomic E-state index is 0.885. The van der Waals surface area contributed by atoms with E-state index >= 15 is 0 Å². The molecule has 11 rings (SSSR count). The summed E-state index contributed by atoms with van der Waals surface area (Å²) >= 11 is 0. The van der Waals surface area contributed by atoms with Gasteiger partial charge in [-0.1, -0.05) is 128 Å². The molecular weight excluding hydrogens is 693 g/mol. The maximum absolute atomic E-state index is 5.35. The van der Waals surface area contributed by atoms with Crippen molar-refractivity contribution >= 4 is 71.8 Å². The summed E-state index contributed by atoms with van der Waals surface area (Å²) in [7, 11) is 0. The minimum atomic E-state index is 0.885. The monoisotopic (exact) mass is 728 g/mol. The van der Waals surface area contributed by atoms with Crippen LogP contribution < -0.4 is 5.32 Å². The Morgan fingerprint density at radius 1 is 0.439 bits per heavy atom. The third kappa shape index (κ3) is 5.50. The van der Waals surface area contributed by atoms with Crippen molar-refractivity contribution < 1.29 is 0 Å². The lowest BCUT2D eigenvalue weighted by atomic mass is 10.0. The van der Waals surface area contributed by atoms with Crippen molar-refractivity contribution in [3.63, 3.8) is 0 Å². The first kappa shape index (κ1) is 32.7. The van der Waals surface area contributed by atoms with Crippen molar-refractivity contribution in [1.82, 2.24) is 14.1 Å². The van der Waals surface area contributed by atoms with E-state index in [1.54, 1.807) is 0 Å². The van der Waals surface area contributed by atoms with E-state index < -0.39 is 0 Å². The van der Waals surface area contributed by atoms with Gasteiger partial charge in [-0.25, -0.2) is 4.98 Å². The van der Waals surface area contributed by atoms with Gasteiger partial charge in [0.25, 0.3) is 0 Å². The molecule has 0 saturated heterocycles. The SMILES string of the molecule is C=Cc1cc2cc3c4ccccc4n(-c4ccc5c(c4)c4ccccc4n5-c4cc(-c5ccccc5)cc(-c5ccccc5)n4)c3cc2cc1Nc1ccccc1. The third-order valence-electron chi connectivity index (χ3n) is 11.2. The average molecular weight is 729 g/mol. The largest absolute Gasteiger partial charge is 0.355 e. The molecule has 57 heavy (non-hydrogen) atoms. The average Bonchev–Trinajstić information content (AvgIpc) is 3.78. The summed E-state index contributed by atoms with van der Waals surface area (Å²) in [6.07, 6.45) is 1.93. The van der Waals surface area contributed by atoms with Crippen LogP contribution in [0.1, 0.15) is 5.56 Å². The smallest absolute Gasteiger partial charge is 0.138 e. The maximum Gasteiger partial charge on any atom is 0.138 e. The molecule has 0 radical (unpaired) electrons. The Morgan fingerprint density at radius 2 is 1.04 bits per heavy atom. The van der Waals surface area contributed by atoms with E-state index in [9.17, 15) is 0 Å². The molecule has 8 aromatic carbocycles. The first-order valence-electron chi connectivity index (χ1n) is 19.3. The van der Waals surface area contributed by atoms with Gasteiger partial charge in [0.15, 0.2) is 0 Å². The van der Waals surface area contributed by atoms with E-state index in [1.807, 2.05) is 24.3 Å². The molecule has 0 unspecified atom stereocenters. The predicted molar refractivity (Wildman–Crippen MR) is 241 cm³/mol. The molecule has 0 aliphatic carbocycles. The second-order valence-electron chi connectivity index (χ2n) is 14.6. The zero-order valence-corrected chi connectivity index (χ0v) is 31.1. The number of para-hydroxylation sites is 3. The van der Waals surface area contributed by atoms with Crippen LogP contribution in [0.5, 0.6) is 0 Å². The lowest BCUT2D eigenvalue weighted by molar-refractivity contribution is 1.08. The van der Waals surface area contributed by atoms with Crippen molar-refractivity contribution in [3.8, 4) is 33.9 Å². The van der Waals surface area contributed by atoms with Crippen molar-refractivity contribution in [2.24, 2.45) is 0 Å². The number of anilines is 2. The van der Waals surface area contributed by atoms with Crippen LogP contribution in [0.3, 0.4) is 0 Å². The van der Waals surface area contributed by atoms with Crippen LogP contribution in [-0.2, 0) is 0 Å². The molecular formula is C53H36N4. The number of nitrogens with zero attached hydrogens (tertiary/aromatic N) is 3. The molecule has 4 heteroatoms.